The van der Waals surface area contributed by atoms with Crippen LogP contribution < -0.4 is 5.32 Å². The van der Waals surface area contributed by atoms with Gasteiger partial charge in [0.05, 0.1) is 6.42 Å². The Morgan fingerprint density at radius 1 is 0.857 bits per heavy atom. The number of benzene rings is 3. The second kappa shape index (κ2) is 12.8. The summed E-state index contributed by atoms with van der Waals surface area (Å²) in [5.74, 6) is -0.0889. The van der Waals surface area contributed by atoms with Gasteiger partial charge in [0, 0.05) is 29.6 Å². The predicted molar refractivity (Wildman–Crippen MR) is 144 cm³/mol. The van der Waals surface area contributed by atoms with Crippen molar-refractivity contribution >= 4 is 35.0 Å². The van der Waals surface area contributed by atoms with Crippen molar-refractivity contribution in [1.82, 2.24) is 10.2 Å². The number of aryl methyl sites for hydroxylation is 1. The maximum atomic E-state index is 13.8. The lowest BCUT2D eigenvalue weighted by molar-refractivity contribution is -0.140. The smallest absolute Gasteiger partial charge is 0.243 e. The van der Waals surface area contributed by atoms with Crippen molar-refractivity contribution in [3.8, 4) is 0 Å². The number of hydrogen-bond acceptors (Lipinski definition) is 2. The molecule has 0 heterocycles. The van der Waals surface area contributed by atoms with Gasteiger partial charge < -0.3 is 10.2 Å². The molecule has 4 nitrogen and oxygen atoms in total. The quantitative estimate of drug-likeness (QED) is 0.350. The highest BCUT2D eigenvalue weighted by molar-refractivity contribution is 6.36. The molecule has 0 aliphatic rings. The number of nitrogens with zero attached hydrogens (tertiary/aromatic N) is 1. The maximum Gasteiger partial charge on any atom is 0.243 e. The molecule has 3 aromatic rings. The number of rotatable bonds is 10. The van der Waals surface area contributed by atoms with Gasteiger partial charge in [-0.2, -0.15) is 0 Å². The molecule has 1 N–H and O–H groups in total. The first kappa shape index (κ1) is 26.8. The van der Waals surface area contributed by atoms with Crippen LogP contribution in [0.1, 0.15) is 36.1 Å². The molecule has 35 heavy (non-hydrogen) atoms. The first-order chi connectivity index (χ1) is 16.7. The Morgan fingerprint density at radius 2 is 1.49 bits per heavy atom. The number of carbonyl (C=O) groups is 2. The van der Waals surface area contributed by atoms with Gasteiger partial charge in [0.25, 0.3) is 0 Å². The summed E-state index contributed by atoms with van der Waals surface area (Å²) in [7, 11) is 0. The lowest BCUT2D eigenvalue weighted by Crippen LogP contribution is -2.51. The first-order valence-electron chi connectivity index (χ1n) is 11.8. The highest BCUT2D eigenvalue weighted by atomic mass is 35.5. The monoisotopic (exact) mass is 510 g/mol. The third-order valence-electron chi connectivity index (χ3n) is 5.82. The summed E-state index contributed by atoms with van der Waals surface area (Å²) >= 11 is 12.8. The molecule has 0 fully saturated rings. The molecule has 0 spiro atoms. The van der Waals surface area contributed by atoms with Gasteiger partial charge in [-0.1, -0.05) is 103 Å². The second-order valence-electron chi connectivity index (χ2n) is 9.23. The standard InChI is InChI=1S/C29H32Cl2N2O2/c1-20(2)18-32-29(35)27(16-22-8-5-4-6-9-22)33(19-23-14-12-21(3)13-15-23)28(34)17-24-25(30)10-7-11-26(24)31/h4-15,20,27H,16-19H2,1-3H3,(H,32,35). The van der Waals surface area contributed by atoms with Crippen LogP contribution in [0.4, 0.5) is 0 Å². The van der Waals surface area contributed by atoms with Crippen molar-refractivity contribution in [2.24, 2.45) is 5.92 Å². The second-order valence-corrected chi connectivity index (χ2v) is 10.0. The molecule has 0 bridgehead atoms. The minimum Gasteiger partial charge on any atom is -0.354 e. The fraction of sp³-hybridized carbons (Fsp3) is 0.310. The Morgan fingerprint density at radius 3 is 2.09 bits per heavy atom. The Bertz CT molecular complexity index is 1110. The first-order valence-corrected chi connectivity index (χ1v) is 12.6. The van der Waals surface area contributed by atoms with Crippen LogP contribution >= 0.6 is 23.2 Å². The summed E-state index contributed by atoms with van der Waals surface area (Å²) < 4.78 is 0. The zero-order valence-electron chi connectivity index (χ0n) is 20.4. The molecule has 0 aliphatic carbocycles. The van der Waals surface area contributed by atoms with Gasteiger partial charge in [-0.3, -0.25) is 9.59 Å². The van der Waals surface area contributed by atoms with Crippen molar-refractivity contribution in [1.29, 1.82) is 0 Å². The zero-order chi connectivity index (χ0) is 25.4. The molecule has 1 atom stereocenters. The molecular weight excluding hydrogens is 479 g/mol. The molecule has 0 aromatic heterocycles. The summed E-state index contributed by atoms with van der Waals surface area (Å²) in [5, 5.41) is 3.90. The van der Waals surface area contributed by atoms with E-state index in [1.807, 2.05) is 75.4 Å². The molecule has 184 valence electrons. The minimum absolute atomic E-state index is 0.00706. The van der Waals surface area contributed by atoms with E-state index in [4.69, 9.17) is 23.2 Å². The number of nitrogens with one attached hydrogen (secondary N) is 1. The largest absolute Gasteiger partial charge is 0.354 e. The van der Waals surface area contributed by atoms with Gasteiger partial charge in [-0.25, -0.2) is 0 Å². The molecule has 0 aliphatic heterocycles. The third kappa shape index (κ3) is 7.84. The Balaban J connectivity index is 1.98. The van der Waals surface area contributed by atoms with E-state index in [0.717, 1.165) is 16.7 Å². The topological polar surface area (TPSA) is 49.4 Å². The van der Waals surface area contributed by atoms with E-state index in [1.165, 1.54) is 0 Å². The fourth-order valence-corrected chi connectivity index (χ4v) is 4.35. The van der Waals surface area contributed by atoms with Crippen molar-refractivity contribution in [3.05, 3.63) is 105 Å². The van der Waals surface area contributed by atoms with E-state index in [9.17, 15) is 9.59 Å². The van der Waals surface area contributed by atoms with Crippen molar-refractivity contribution in [2.45, 2.75) is 46.2 Å². The molecule has 2 amide bonds. The fourth-order valence-electron chi connectivity index (χ4n) is 3.82. The highest BCUT2D eigenvalue weighted by Crippen LogP contribution is 2.26. The van der Waals surface area contributed by atoms with Crippen molar-refractivity contribution < 1.29 is 9.59 Å². The summed E-state index contributed by atoms with van der Waals surface area (Å²) in [6.45, 7) is 6.94. The third-order valence-corrected chi connectivity index (χ3v) is 6.53. The van der Waals surface area contributed by atoms with Gasteiger partial charge >= 0.3 is 0 Å². The van der Waals surface area contributed by atoms with Crippen molar-refractivity contribution in [2.75, 3.05) is 6.54 Å². The van der Waals surface area contributed by atoms with E-state index in [0.29, 0.717) is 41.0 Å². The molecule has 3 rings (SSSR count). The molecule has 0 radical (unpaired) electrons. The van der Waals surface area contributed by atoms with Gasteiger partial charge in [0.15, 0.2) is 0 Å². The van der Waals surface area contributed by atoms with Crippen LogP contribution in [0.3, 0.4) is 0 Å². The van der Waals surface area contributed by atoms with E-state index in [1.54, 1.807) is 23.1 Å². The zero-order valence-corrected chi connectivity index (χ0v) is 21.9. The number of amides is 2. The summed E-state index contributed by atoms with van der Waals surface area (Å²) in [5.41, 5.74) is 3.62. The molecule has 6 heteroatoms. The van der Waals surface area contributed by atoms with Crippen LogP contribution in [-0.4, -0.2) is 29.3 Å². The van der Waals surface area contributed by atoms with Gasteiger partial charge in [0.2, 0.25) is 11.8 Å². The van der Waals surface area contributed by atoms with E-state index in [-0.39, 0.29) is 18.2 Å². The van der Waals surface area contributed by atoms with Crippen LogP contribution in [0.25, 0.3) is 0 Å². The average molecular weight is 511 g/mol. The maximum absolute atomic E-state index is 13.8. The van der Waals surface area contributed by atoms with Crippen LogP contribution in [0.2, 0.25) is 10.0 Å². The number of halogens is 2. The van der Waals surface area contributed by atoms with E-state index >= 15 is 0 Å². The van der Waals surface area contributed by atoms with Crippen LogP contribution in [0.15, 0.2) is 72.8 Å². The Kier molecular flexibility index (Phi) is 9.76. The van der Waals surface area contributed by atoms with Crippen LogP contribution in [0.5, 0.6) is 0 Å². The molecule has 0 saturated heterocycles. The lowest BCUT2D eigenvalue weighted by Gasteiger charge is -2.32. The van der Waals surface area contributed by atoms with Crippen molar-refractivity contribution in [3.63, 3.8) is 0 Å². The molecule has 0 saturated carbocycles. The molecular formula is C29H32Cl2N2O2. The normalized spacial score (nSPS) is 11.8. The van der Waals surface area contributed by atoms with Gasteiger partial charge in [-0.05, 0) is 41.7 Å². The Hall–Kier alpha value is -2.82. The van der Waals surface area contributed by atoms with Gasteiger partial charge in [0.1, 0.15) is 6.04 Å². The predicted octanol–water partition coefficient (Wildman–Crippen LogP) is 6.26. The van der Waals surface area contributed by atoms with Gasteiger partial charge in [-0.15, -0.1) is 0 Å². The highest BCUT2D eigenvalue weighted by Gasteiger charge is 2.31. The minimum atomic E-state index is -0.689. The molecule has 1 unspecified atom stereocenters. The number of hydrogen-bond donors (Lipinski definition) is 1. The van der Waals surface area contributed by atoms with E-state index in [2.05, 4.69) is 5.32 Å². The van der Waals surface area contributed by atoms with Crippen LogP contribution in [-0.2, 0) is 29.0 Å². The van der Waals surface area contributed by atoms with E-state index < -0.39 is 6.04 Å². The average Bonchev–Trinajstić information content (AvgIpc) is 2.84. The lowest BCUT2D eigenvalue weighted by atomic mass is 10.0. The van der Waals surface area contributed by atoms with Crippen LogP contribution in [0, 0.1) is 12.8 Å². The summed E-state index contributed by atoms with van der Waals surface area (Å²) in [6.07, 6.45) is 0.408. The summed E-state index contributed by atoms with van der Waals surface area (Å²) in [6, 6.07) is 22.3. The molecule has 3 aromatic carbocycles. The summed E-state index contributed by atoms with van der Waals surface area (Å²) in [4.78, 5) is 28.9. The Labute approximate surface area is 218 Å². The SMILES string of the molecule is Cc1ccc(CN(C(=O)Cc2c(Cl)cccc2Cl)C(Cc2ccccc2)C(=O)NCC(C)C)cc1. The number of carbonyl (C=O) groups excluding carboxylic acids is 2.